The van der Waals surface area contributed by atoms with Gasteiger partial charge in [-0.3, -0.25) is 4.99 Å². The number of sulfonamides is 1. The Kier molecular flexibility index (Phi) is 9.22. The molecule has 0 spiro atoms. The minimum atomic E-state index is -3.26. The van der Waals surface area contributed by atoms with E-state index in [0.29, 0.717) is 12.5 Å². The van der Waals surface area contributed by atoms with Gasteiger partial charge < -0.3 is 15.6 Å². The van der Waals surface area contributed by atoms with Crippen molar-refractivity contribution in [2.75, 3.05) is 26.4 Å². The molecular formula is C19H32IN5O2S. The third kappa shape index (κ3) is 7.25. The summed E-state index contributed by atoms with van der Waals surface area (Å²) in [4.78, 5) is 7.59. The molecule has 1 aromatic carbocycles. The van der Waals surface area contributed by atoms with E-state index in [1.165, 1.54) is 22.0 Å². The van der Waals surface area contributed by atoms with E-state index < -0.39 is 15.6 Å². The number of guanidine groups is 1. The van der Waals surface area contributed by atoms with Crippen LogP contribution in [0.2, 0.25) is 0 Å². The number of para-hydroxylation sites is 1. The van der Waals surface area contributed by atoms with Crippen molar-refractivity contribution in [1.82, 2.24) is 20.3 Å². The summed E-state index contributed by atoms with van der Waals surface area (Å²) < 4.78 is 25.5. The Labute approximate surface area is 185 Å². The molecule has 2 aromatic rings. The lowest BCUT2D eigenvalue weighted by Crippen LogP contribution is -2.53. The average molecular weight is 521 g/mol. The van der Waals surface area contributed by atoms with Crippen molar-refractivity contribution in [2.45, 2.75) is 39.2 Å². The third-order valence-electron chi connectivity index (χ3n) is 4.34. The molecule has 0 aliphatic heterocycles. The Hall–Kier alpha value is -1.33. The van der Waals surface area contributed by atoms with Crippen LogP contribution in [0.1, 0.15) is 31.9 Å². The van der Waals surface area contributed by atoms with Gasteiger partial charge in [0.25, 0.3) is 0 Å². The fourth-order valence-electron chi connectivity index (χ4n) is 3.16. The van der Waals surface area contributed by atoms with Gasteiger partial charge in [-0.15, -0.1) is 24.0 Å². The van der Waals surface area contributed by atoms with Crippen molar-refractivity contribution in [2.24, 2.45) is 4.99 Å². The van der Waals surface area contributed by atoms with Crippen molar-refractivity contribution in [3.05, 3.63) is 35.5 Å². The van der Waals surface area contributed by atoms with Gasteiger partial charge in [0.05, 0.1) is 6.26 Å². The number of aromatic nitrogens is 1. The van der Waals surface area contributed by atoms with E-state index in [4.69, 9.17) is 0 Å². The molecule has 7 nitrogen and oxygen atoms in total. The van der Waals surface area contributed by atoms with Crippen LogP contribution < -0.4 is 15.4 Å². The van der Waals surface area contributed by atoms with Crippen molar-refractivity contribution < 1.29 is 8.42 Å². The molecule has 4 N–H and O–H groups in total. The van der Waals surface area contributed by atoms with Gasteiger partial charge in [0.2, 0.25) is 10.0 Å². The van der Waals surface area contributed by atoms with Gasteiger partial charge in [-0.05, 0) is 37.8 Å². The first-order chi connectivity index (χ1) is 12.6. The number of hydrogen-bond donors (Lipinski definition) is 4. The fraction of sp³-hybridized carbons (Fsp3) is 0.526. The van der Waals surface area contributed by atoms with Gasteiger partial charge in [-0.25, -0.2) is 13.1 Å². The number of aliphatic imine (C=N–C) groups is 1. The van der Waals surface area contributed by atoms with Crippen molar-refractivity contribution in [3.63, 3.8) is 0 Å². The number of benzene rings is 1. The average Bonchev–Trinajstić information content (AvgIpc) is 2.99. The lowest BCUT2D eigenvalue weighted by Gasteiger charge is -2.26. The molecule has 28 heavy (non-hydrogen) atoms. The maximum atomic E-state index is 11.4. The predicted octanol–water partition coefficient (Wildman–Crippen LogP) is 2.38. The van der Waals surface area contributed by atoms with Gasteiger partial charge in [-0.1, -0.05) is 25.1 Å². The molecular weight excluding hydrogens is 489 g/mol. The molecule has 0 atom stereocenters. The Bertz CT molecular complexity index is 906. The minimum Gasteiger partial charge on any atom is -0.361 e. The number of nitrogens with zero attached hydrogens (tertiary/aromatic N) is 1. The summed E-state index contributed by atoms with van der Waals surface area (Å²) in [5, 5.41) is 7.72. The molecule has 0 radical (unpaired) electrons. The number of H-pyrrole nitrogens is 1. The molecule has 0 amide bonds. The predicted molar refractivity (Wildman–Crippen MR) is 128 cm³/mol. The van der Waals surface area contributed by atoms with E-state index in [2.05, 4.69) is 56.7 Å². The van der Waals surface area contributed by atoms with Crippen molar-refractivity contribution in [1.29, 1.82) is 0 Å². The monoisotopic (exact) mass is 521 g/mol. The summed E-state index contributed by atoms with van der Waals surface area (Å²) in [6.07, 6.45) is 5.09. The summed E-state index contributed by atoms with van der Waals surface area (Å²) in [6.45, 7) is 6.96. The van der Waals surface area contributed by atoms with Crippen LogP contribution in [0.3, 0.4) is 0 Å². The van der Waals surface area contributed by atoms with E-state index in [1.807, 2.05) is 13.8 Å². The number of halogens is 1. The molecule has 158 valence electrons. The second-order valence-corrected chi connectivity index (χ2v) is 9.12. The van der Waals surface area contributed by atoms with Crippen LogP contribution in [-0.2, 0) is 22.9 Å². The molecule has 0 unspecified atom stereocenters. The zero-order valence-corrected chi connectivity index (χ0v) is 20.4. The van der Waals surface area contributed by atoms with Gasteiger partial charge >= 0.3 is 0 Å². The largest absolute Gasteiger partial charge is 0.361 e. The van der Waals surface area contributed by atoms with Crippen LogP contribution in [0.5, 0.6) is 0 Å². The summed E-state index contributed by atoms with van der Waals surface area (Å²) >= 11 is 0. The number of aryl methyl sites for hydroxylation is 1. The molecule has 0 fully saturated rings. The number of nitrogens with one attached hydrogen (secondary N) is 4. The van der Waals surface area contributed by atoms with Gasteiger partial charge in [0.15, 0.2) is 5.96 Å². The fourth-order valence-corrected chi connectivity index (χ4v) is 4.23. The van der Waals surface area contributed by atoms with E-state index in [0.717, 1.165) is 25.6 Å². The lowest BCUT2D eigenvalue weighted by atomic mass is 10.1. The van der Waals surface area contributed by atoms with Crippen LogP contribution in [0, 0.1) is 0 Å². The summed E-state index contributed by atoms with van der Waals surface area (Å²) in [5.41, 5.74) is 3.19. The smallest absolute Gasteiger partial charge is 0.209 e. The topological polar surface area (TPSA) is 98.4 Å². The second-order valence-electron chi connectivity index (χ2n) is 7.37. The molecule has 0 aliphatic rings. The number of aromatic amines is 1. The number of fused-ring (bicyclic) bond motifs is 1. The van der Waals surface area contributed by atoms with Crippen LogP contribution in [0.4, 0.5) is 0 Å². The second kappa shape index (κ2) is 10.4. The third-order valence-corrected chi connectivity index (χ3v) is 5.26. The quantitative estimate of drug-likeness (QED) is 0.244. The first-order valence-corrected chi connectivity index (χ1v) is 11.1. The first-order valence-electron chi connectivity index (χ1n) is 9.16. The van der Waals surface area contributed by atoms with Crippen LogP contribution >= 0.6 is 24.0 Å². The SMILES string of the molecule is CCc1cccc2c(CCNC(=NC)NCC(C)(C)NS(C)(=O)=O)c[nH]c12.I. The molecule has 1 aromatic heterocycles. The molecule has 2 rings (SSSR count). The Morgan fingerprint density at radius 2 is 1.93 bits per heavy atom. The van der Waals surface area contributed by atoms with Gasteiger partial charge in [-0.2, -0.15) is 0 Å². The minimum absolute atomic E-state index is 0. The highest BCUT2D eigenvalue weighted by atomic mass is 127. The van der Waals surface area contributed by atoms with Gasteiger partial charge in [0.1, 0.15) is 0 Å². The zero-order valence-electron chi connectivity index (χ0n) is 17.2. The van der Waals surface area contributed by atoms with Crippen molar-refractivity contribution in [3.8, 4) is 0 Å². The summed E-state index contributed by atoms with van der Waals surface area (Å²) in [6, 6.07) is 6.40. The summed E-state index contributed by atoms with van der Waals surface area (Å²) in [7, 11) is -1.56. The molecule has 9 heteroatoms. The molecule has 0 aliphatic carbocycles. The maximum absolute atomic E-state index is 11.4. The van der Waals surface area contributed by atoms with E-state index in [1.54, 1.807) is 7.05 Å². The van der Waals surface area contributed by atoms with Crippen LogP contribution in [-0.4, -0.2) is 51.3 Å². The normalized spacial score (nSPS) is 12.7. The lowest BCUT2D eigenvalue weighted by molar-refractivity contribution is 0.446. The van der Waals surface area contributed by atoms with E-state index in [-0.39, 0.29) is 24.0 Å². The Balaban J connectivity index is 0.00000392. The Morgan fingerprint density at radius 3 is 2.54 bits per heavy atom. The van der Waals surface area contributed by atoms with Crippen LogP contribution in [0.15, 0.2) is 29.4 Å². The standard InChI is InChI=1S/C19H31N5O2S.HI/c1-6-14-8-7-9-16-15(12-22-17(14)16)10-11-21-18(20-4)23-13-19(2,3)24-27(5,25)26;/h7-9,12,22,24H,6,10-11,13H2,1-5H3,(H2,20,21,23);1H. The first kappa shape index (κ1) is 24.7. The zero-order chi connectivity index (χ0) is 20.1. The molecule has 0 saturated carbocycles. The molecule has 0 bridgehead atoms. The molecule has 0 saturated heterocycles. The number of rotatable bonds is 8. The number of hydrogen-bond acceptors (Lipinski definition) is 3. The highest BCUT2D eigenvalue weighted by molar-refractivity contribution is 14.0. The van der Waals surface area contributed by atoms with E-state index in [9.17, 15) is 8.42 Å². The maximum Gasteiger partial charge on any atom is 0.209 e. The molecule has 1 heterocycles. The van der Waals surface area contributed by atoms with Gasteiger partial charge in [0, 0.05) is 42.8 Å². The summed E-state index contributed by atoms with van der Waals surface area (Å²) in [5.74, 6) is 0.646. The highest BCUT2D eigenvalue weighted by Crippen LogP contribution is 2.22. The highest BCUT2D eigenvalue weighted by Gasteiger charge is 2.22. The van der Waals surface area contributed by atoms with Crippen molar-refractivity contribution >= 4 is 50.9 Å². The van der Waals surface area contributed by atoms with Crippen LogP contribution in [0.25, 0.3) is 10.9 Å². The Morgan fingerprint density at radius 1 is 1.21 bits per heavy atom. The van der Waals surface area contributed by atoms with E-state index >= 15 is 0 Å².